The van der Waals surface area contributed by atoms with Crippen LogP contribution >= 0.6 is 0 Å². The number of hydrogen-bond acceptors (Lipinski definition) is 9. The number of amides is 5. The van der Waals surface area contributed by atoms with Crippen molar-refractivity contribution in [3.05, 3.63) is 47.7 Å². The first-order valence-corrected chi connectivity index (χ1v) is 14.2. The molecule has 0 spiro atoms. The fraction of sp³-hybridized carbons (Fsp3) is 0.533. The van der Waals surface area contributed by atoms with Gasteiger partial charge in [-0.25, -0.2) is 5.90 Å². The van der Waals surface area contributed by atoms with Crippen LogP contribution in [0.1, 0.15) is 72.8 Å². The van der Waals surface area contributed by atoms with Crippen molar-refractivity contribution in [2.75, 3.05) is 25.0 Å². The average Bonchev–Trinajstić information content (AvgIpc) is 3.33. The second-order valence-corrected chi connectivity index (χ2v) is 10.8. The van der Waals surface area contributed by atoms with E-state index in [0.717, 1.165) is 23.3 Å². The molecule has 0 fully saturated rings. The van der Waals surface area contributed by atoms with Gasteiger partial charge in [-0.1, -0.05) is 52.7 Å². The number of carbonyl (C=O) groups excluding carboxylic acids is 6. The molecule has 7 N–H and O–H groups in total. The normalized spacial score (nSPS) is 11.6. The van der Waals surface area contributed by atoms with Gasteiger partial charge in [-0.3, -0.25) is 33.7 Å². The monoisotopic (exact) mass is 710 g/mol. The Labute approximate surface area is 291 Å². The van der Waals surface area contributed by atoms with E-state index in [1.165, 1.54) is 18.6 Å². The van der Waals surface area contributed by atoms with Gasteiger partial charge in [-0.15, -0.1) is 0 Å². The summed E-state index contributed by atoms with van der Waals surface area (Å²) in [7, 11) is 0. The average molecular weight is 711 g/mol. The summed E-state index contributed by atoms with van der Waals surface area (Å²) in [5.74, 6) is 2.12. The molecule has 14 nitrogen and oxygen atoms in total. The standard InChI is InChI=1S/C18H29N4O4.C9H9NO3.C3H8.H3NO.Y/c1-17(2,12-18(3,4)22-14(24)7-8-15(22)25)16(26)21-11-13(23)20-10-6-5-9-19;11-6-10-9-3-1-8(2-4-9)5-13-7-12;1-3-2;1-2;/h7-8,19H,5-6,9-12H2,1-4H3,(H,20,23)(H,21,26);1-4,6-7H,5H2,(H,10,11);3H2,1-2H3;2H,1H2;/q-1;;;;. The molecule has 1 aliphatic heterocycles. The van der Waals surface area contributed by atoms with Gasteiger partial charge in [0.1, 0.15) is 6.61 Å². The fourth-order valence-corrected chi connectivity index (χ4v) is 4.07. The first-order chi connectivity index (χ1) is 20.8. The molecule has 2 rings (SSSR count). The number of nitrogens with zero attached hydrogens (tertiary/aromatic N) is 1. The van der Waals surface area contributed by atoms with E-state index in [4.69, 9.17) is 10.9 Å². The van der Waals surface area contributed by atoms with E-state index in [0.29, 0.717) is 31.7 Å². The van der Waals surface area contributed by atoms with Crippen molar-refractivity contribution in [3.63, 3.8) is 0 Å². The largest absolute Gasteiger partial charge is 0.677 e. The van der Waals surface area contributed by atoms with Crippen molar-refractivity contribution in [2.45, 2.75) is 79.4 Å². The minimum atomic E-state index is -0.877. The molecule has 0 aliphatic carbocycles. The number of nitrogens with two attached hydrogens (primary N) is 1. The summed E-state index contributed by atoms with van der Waals surface area (Å²) in [6.07, 6.45) is 6.02. The SMILES string of the molecule is CC(C)(CC(C)(C)N1C(=O)C=CC1=O)C(=O)NCC(=O)NCCCC[NH-].CCC.NO.O=CNc1ccc(COC=O)cc1.[Y]. The molecule has 0 saturated heterocycles. The molecule has 1 aromatic carbocycles. The van der Waals surface area contributed by atoms with Gasteiger partial charge >= 0.3 is 0 Å². The molecule has 0 saturated carbocycles. The molecule has 1 radical (unpaired) electrons. The zero-order chi connectivity index (χ0) is 34.2. The second kappa shape index (κ2) is 26.2. The summed E-state index contributed by atoms with van der Waals surface area (Å²) in [6.45, 7) is 12.5. The molecule has 1 heterocycles. The van der Waals surface area contributed by atoms with Gasteiger partial charge in [0.15, 0.2) is 0 Å². The van der Waals surface area contributed by atoms with Gasteiger partial charge < -0.3 is 31.6 Å². The summed E-state index contributed by atoms with van der Waals surface area (Å²) in [5, 5.41) is 14.3. The number of carbonyl (C=O) groups is 6. The van der Waals surface area contributed by atoms with Crippen LogP contribution in [0.15, 0.2) is 36.4 Å². The van der Waals surface area contributed by atoms with Crippen LogP contribution < -0.4 is 21.8 Å². The molecule has 0 bridgehead atoms. The van der Waals surface area contributed by atoms with Gasteiger partial charge in [0.05, 0.1) is 6.54 Å². The van der Waals surface area contributed by atoms with E-state index >= 15 is 0 Å². The van der Waals surface area contributed by atoms with E-state index in [2.05, 4.69) is 40.4 Å². The first-order valence-electron chi connectivity index (χ1n) is 14.2. The van der Waals surface area contributed by atoms with Gasteiger partial charge in [0.25, 0.3) is 18.3 Å². The van der Waals surface area contributed by atoms with Crippen LogP contribution in [0.5, 0.6) is 0 Å². The topological polar surface area (TPSA) is 221 Å². The van der Waals surface area contributed by atoms with Crippen molar-refractivity contribution in [1.29, 1.82) is 0 Å². The van der Waals surface area contributed by atoms with Gasteiger partial charge in [-0.05, 0) is 44.4 Å². The molecule has 1 aliphatic rings. The quantitative estimate of drug-likeness (QED) is 0.0781. The molecule has 0 unspecified atom stereocenters. The Hall–Kier alpha value is -3.04. The maximum absolute atomic E-state index is 12.5. The Bertz CT molecular complexity index is 1050. The number of hydrogen-bond donors (Lipinski definition) is 5. The first kappa shape index (κ1) is 46.4. The van der Waals surface area contributed by atoms with Gasteiger partial charge in [0.2, 0.25) is 18.2 Å². The molecule has 251 valence electrons. The third-order valence-electron chi connectivity index (χ3n) is 5.74. The molecular weight excluding hydrogens is 661 g/mol. The van der Waals surface area contributed by atoms with Crippen molar-refractivity contribution in [2.24, 2.45) is 11.3 Å². The Morgan fingerprint density at radius 2 is 1.51 bits per heavy atom. The van der Waals surface area contributed by atoms with Gasteiger partial charge in [0, 0.05) is 68.0 Å². The Morgan fingerprint density at radius 1 is 0.978 bits per heavy atom. The van der Waals surface area contributed by atoms with E-state index in [-0.39, 0.29) is 75.9 Å². The zero-order valence-electron chi connectivity index (χ0n) is 27.2. The van der Waals surface area contributed by atoms with E-state index in [1.54, 1.807) is 52.0 Å². The molecule has 15 heteroatoms. The minimum absolute atomic E-state index is 0. The smallest absolute Gasteiger partial charge is 0.293 e. The number of unbranched alkanes of at least 4 members (excludes halogenated alkanes) is 1. The van der Waals surface area contributed by atoms with Crippen LogP contribution in [0.3, 0.4) is 0 Å². The van der Waals surface area contributed by atoms with Crippen molar-refractivity contribution in [3.8, 4) is 0 Å². The number of nitrogens with one attached hydrogen (secondary N) is 4. The summed E-state index contributed by atoms with van der Waals surface area (Å²) in [4.78, 5) is 69.1. The maximum atomic E-state index is 12.5. The number of rotatable bonds is 15. The minimum Gasteiger partial charge on any atom is -0.677 e. The number of benzene rings is 1. The number of ether oxygens (including phenoxy) is 1. The fourth-order valence-electron chi connectivity index (χ4n) is 4.07. The molecule has 0 atom stereocenters. The summed E-state index contributed by atoms with van der Waals surface area (Å²) in [5.41, 5.74) is 6.91. The Kier molecular flexibility index (Phi) is 27.0. The van der Waals surface area contributed by atoms with E-state index in [1.807, 2.05) is 0 Å². The summed E-state index contributed by atoms with van der Waals surface area (Å²) >= 11 is 0. The second-order valence-electron chi connectivity index (χ2n) is 10.8. The molecule has 0 aromatic heterocycles. The predicted octanol–water partition coefficient (Wildman–Crippen LogP) is 2.85. The number of imide groups is 1. The Balaban J connectivity index is -0.000000775. The number of anilines is 1. The van der Waals surface area contributed by atoms with Crippen LogP contribution in [0, 0.1) is 5.41 Å². The third kappa shape index (κ3) is 19.9. The molecular formula is C30H49N6O8Y-. The van der Waals surface area contributed by atoms with E-state index < -0.39 is 11.0 Å². The molecule has 45 heavy (non-hydrogen) atoms. The van der Waals surface area contributed by atoms with Crippen LogP contribution in [0.2, 0.25) is 0 Å². The molecule has 5 amide bonds. The van der Waals surface area contributed by atoms with Crippen LogP contribution in [-0.4, -0.2) is 71.8 Å². The van der Waals surface area contributed by atoms with Crippen molar-refractivity contribution in [1.82, 2.24) is 15.5 Å². The van der Waals surface area contributed by atoms with Crippen molar-refractivity contribution < 1.29 is 71.4 Å². The Morgan fingerprint density at radius 3 is 1.98 bits per heavy atom. The van der Waals surface area contributed by atoms with Crippen LogP contribution in [-0.2, 0) is 72.8 Å². The predicted molar refractivity (Wildman–Crippen MR) is 167 cm³/mol. The zero-order valence-corrected chi connectivity index (χ0v) is 30.0. The summed E-state index contributed by atoms with van der Waals surface area (Å²) < 4.78 is 4.55. The molecule has 1 aromatic rings. The van der Waals surface area contributed by atoms with Gasteiger partial charge in [-0.2, -0.15) is 6.54 Å². The van der Waals surface area contributed by atoms with E-state index in [9.17, 15) is 28.8 Å². The van der Waals surface area contributed by atoms with Crippen LogP contribution in [0.25, 0.3) is 5.73 Å². The summed E-state index contributed by atoms with van der Waals surface area (Å²) in [6, 6.07) is 7.01. The third-order valence-corrected chi connectivity index (χ3v) is 5.74. The maximum Gasteiger partial charge on any atom is 0.293 e. The van der Waals surface area contributed by atoms with Crippen molar-refractivity contribution >= 4 is 42.2 Å². The van der Waals surface area contributed by atoms with Crippen LogP contribution in [0.4, 0.5) is 5.69 Å².